The lowest BCUT2D eigenvalue weighted by Gasteiger charge is -2.13. The Hall–Kier alpha value is -4.25. The molecule has 4 aromatic rings. The molecule has 0 saturated heterocycles. The Kier molecular flexibility index (Phi) is 7.36. The van der Waals surface area contributed by atoms with Gasteiger partial charge < -0.3 is 10.6 Å². The first kappa shape index (κ1) is 23.9. The molecule has 4 nitrogen and oxygen atoms in total. The number of fused-ring (bicyclic) bond motifs is 1. The van der Waals surface area contributed by atoms with E-state index in [0.29, 0.717) is 12.1 Å². The van der Waals surface area contributed by atoms with Crippen LogP contribution in [0.5, 0.6) is 0 Å². The monoisotopic (exact) mass is 466 g/mol. The Morgan fingerprint density at radius 1 is 0.914 bits per heavy atom. The SMILES string of the molecule is CC/C=C/c1ccc(F)c(NC(=O)c2cc(-c3cccc(CNC(C)=O)c3)cc3ccccc23)c1. The number of carbonyl (C=O) groups excluding carboxylic acids is 2. The number of carbonyl (C=O) groups is 2. The number of amides is 2. The van der Waals surface area contributed by atoms with Gasteiger partial charge in [-0.15, -0.1) is 0 Å². The fourth-order valence-electron chi connectivity index (χ4n) is 3.94. The van der Waals surface area contributed by atoms with Gasteiger partial charge in [-0.1, -0.05) is 67.6 Å². The Morgan fingerprint density at radius 3 is 2.54 bits per heavy atom. The maximum atomic E-state index is 14.5. The van der Waals surface area contributed by atoms with E-state index in [1.54, 1.807) is 12.1 Å². The van der Waals surface area contributed by atoms with Gasteiger partial charge in [0.15, 0.2) is 0 Å². The molecule has 0 heterocycles. The van der Waals surface area contributed by atoms with Crippen LogP contribution in [0, 0.1) is 5.82 Å². The summed E-state index contributed by atoms with van der Waals surface area (Å²) < 4.78 is 14.5. The first-order valence-corrected chi connectivity index (χ1v) is 11.6. The van der Waals surface area contributed by atoms with Crippen molar-refractivity contribution in [2.75, 3.05) is 5.32 Å². The van der Waals surface area contributed by atoms with Crippen LogP contribution >= 0.6 is 0 Å². The summed E-state index contributed by atoms with van der Waals surface area (Å²) in [5, 5.41) is 7.26. The van der Waals surface area contributed by atoms with Crippen LogP contribution in [0.25, 0.3) is 28.0 Å². The zero-order valence-corrected chi connectivity index (χ0v) is 19.8. The summed E-state index contributed by atoms with van der Waals surface area (Å²) in [6.45, 7) is 3.93. The molecule has 0 aliphatic rings. The normalized spacial score (nSPS) is 11.1. The van der Waals surface area contributed by atoms with Crippen LogP contribution in [-0.4, -0.2) is 11.8 Å². The van der Waals surface area contributed by atoms with Crippen LogP contribution in [0.15, 0.2) is 84.9 Å². The van der Waals surface area contributed by atoms with Crippen LogP contribution in [-0.2, 0) is 11.3 Å². The summed E-state index contributed by atoms with van der Waals surface area (Å²) in [5.41, 5.74) is 4.15. The van der Waals surface area contributed by atoms with E-state index in [1.165, 1.54) is 13.0 Å². The van der Waals surface area contributed by atoms with E-state index in [0.717, 1.165) is 39.4 Å². The Balaban J connectivity index is 1.72. The second-order valence-electron chi connectivity index (χ2n) is 8.36. The zero-order chi connectivity index (χ0) is 24.8. The summed E-state index contributed by atoms with van der Waals surface area (Å²) in [5.74, 6) is -0.965. The molecule has 0 aliphatic heterocycles. The molecular formula is C30H27FN2O2. The molecule has 35 heavy (non-hydrogen) atoms. The van der Waals surface area contributed by atoms with E-state index in [-0.39, 0.29) is 17.5 Å². The van der Waals surface area contributed by atoms with E-state index in [2.05, 4.69) is 10.6 Å². The predicted octanol–water partition coefficient (Wildman–Crippen LogP) is 6.96. The van der Waals surface area contributed by atoms with Gasteiger partial charge >= 0.3 is 0 Å². The molecule has 2 amide bonds. The molecule has 176 valence electrons. The lowest BCUT2D eigenvalue weighted by molar-refractivity contribution is -0.119. The van der Waals surface area contributed by atoms with E-state index in [9.17, 15) is 14.0 Å². The van der Waals surface area contributed by atoms with E-state index < -0.39 is 5.82 Å². The van der Waals surface area contributed by atoms with Crippen LogP contribution in [0.1, 0.15) is 41.8 Å². The molecule has 0 saturated carbocycles. The minimum absolute atomic E-state index is 0.0958. The van der Waals surface area contributed by atoms with Gasteiger partial charge in [0.2, 0.25) is 5.91 Å². The standard InChI is InChI=1S/C30H27FN2O2/c1-3-4-8-21-13-14-28(31)29(16-21)33-30(35)27-18-25(17-24-10-5-6-12-26(24)27)23-11-7-9-22(15-23)19-32-20(2)34/h4-18H,3,19H2,1-2H3,(H,32,34)(H,33,35)/b8-4+. The second-order valence-corrected chi connectivity index (χ2v) is 8.36. The van der Waals surface area contributed by atoms with E-state index >= 15 is 0 Å². The molecule has 4 aromatic carbocycles. The van der Waals surface area contributed by atoms with Gasteiger partial charge in [-0.25, -0.2) is 4.39 Å². The second kappa shape index (κ2) is 10.8. The van der Waals surface area contributed by atoms with Crippen LogP contribution in [0.3, 0.4) is 0 Å². The Labute approximate surface area is 204 Å². The fraction of sp³-hybridized carbons (Fsp3) is 0.133. The minimum Gasteiger partial charge on any atom is -0.352 e. The minimum atomic E-state index is -0.488. The number of allylic oxidation sites excluding steroid dienone is 1. The van der Waals surface area contributed by atoms with Gasteiger partial charge in [-0.05, 0) is 69.8 Å². The van der Waals surface area contributed by atoms with Crippen molar-refractivity contribution in [2.45, 2.75) is 26.8 Å². The molecule has 0 fully saturated rings. The van der Waals surface area contributed by atoms with Gasteiger partial charge in [-0.2, -0.15) is 0 Å². The van der Waals surface area contributed by atoms with Gasteiger partial charge in [0.25, 0.3) is 5.91 Å². The molecule has 0 aliphatic carbocycles. The molecule has 2 N–H and O–H groups in total. The first-order valence-electron chi connectivity index (χ1n) is 11.6. The molecule has 0 bridgehead atoms. The van der Waals surface area contributed by atoms with Crippen molar-refractivity contribution in [3.63, 3.8) is 0 Å². The fourth-order valence-corrected chi connectivity index (χ4v) is 3.94. The van der Waals surface area contributed by atoms with Crippen molar-refractivity contribution in [3.8, 4) is 11.1 Å². The van der Waals surface area contributed by atoms with E-state index in [4.69, 9.17) is 0 Å². The number of halogens is 1. The zero-order valence-electron chi connectivity index (χ0n) is 19.8. The van der Waals surface area contributed by atoms with Crippen molar-refractivity contribution in [3.05, 3.63) is 107 Å². The largest absolute Gasteiger partial charge is 0.352 e. The highest BCUT2D eigenvalue weighted by Gasteiger charge is 2.15. The van der Waals surface area contributed by atoms with Crippen molar-refractivity contribution < 1.29 is 14.0 Å². The molecule has 0 unspecified atom stereocenters. The number of nitrogens with one attached hydrogen (secondary N) is 2. The number of rotatable bonds is 7. The van der Waals surface area contributed by atoms with Crippen molar-refractivity contribution in [1.29, 1.82) is 0 Å². The lowest BCUT2D eigenvalue weighted by atomic mass is 9.95. The van der Waals surface area contributed by atoms with Crippen LogP contribution < -0.4 is 10.6 Å². The highest BCUT2D eigenvalue weighted by atomic mass is 19.1. The van der Waals surface area contributed by atoms with Gasteiger partial charge in [0, 0.05) is 19.0 Å². The van der Waals surface area contributed by atoms with Gasteiger partial charge in [0.1, 0.15) is 5.82 Å². The summed E-state index contributed by atoms with van der Waals surface area (Å²) in [4.78, 5) is 24.7. The van der Waals surface area contributed by atoms with Gasteiger partial charge in [0.05, 0.1) is 5.69 Å². The van der Waals surface area contributed by atoms with Gasteiger partial charge in [-0.3, -0.25) is 9.59 Å². The highest BCUT2D eigenvalue weighted by molar-refractivity contribution is 6.14. The van der Waals surface area contributed by atoms with E-state index in [1.807, 2.05) is 79.7 Å². The molecule has 0 aromatic heterocycles. The molecule has 0 spiro atoms. The predicted molar refractivity (Wildman–Crippen MR) is 141 cm³/mol. The molecule has 4 rings (SSSR count). The third-order valence-electron chi connectivity index (χ3n) is 5.69. The topological polar surface area (TPSA) is 58.2 Å². The van der Waals surface area contributed by atoms with Crippen molar-refractivity contribution in [1.82, 2.24) is 5.32 Å². The number of hydrogen-bond donors (Lipinski definition) is 2. The lowest BCUT2D eigenvalue weighted by Crippen LogP contribution is -2.18. The summed E-state index contributed by atoms with van der Waals surface area (Å²) in [7, 11) is 0. The average molecular weight is 467 g/mol. The number of benzene rings is 4. The van der Waals surface area contributed by atoms with Crippen LogP contribution in [0.4, 0.5) is 10.1 Å². The first-order chi connectivity index (χ1) is 16.9. The van der Waals surface area contributed by atoms with Crippen LogP contribution in [0.2, 0.25) is 0 Å². The number of hydrogen-bond acceptors (Lipinski definition) is 2. The third kappa shape index (κ3) is 5.82. The Morgan fingerprint density at radius 2 is 1.74 bits per heavy atom. The molecule has 5 heteroatoms. The quantitative estimate of drug-likeness (QED) is 0.309. The third-order valence-corrected chi connectivity index (χ3v) is 5.69. The highest BCUT2D eigenvalue weighted by Crippen LogP contribution is 2.29. The molecule has 0 radical (unpaired) electrons. The maximum absolute atomic E-state index is 14.5. The average Bonchev–Trinajstić information content (AvgIpc) is 2.87. The summed E-state index contributed by atoms with van der Waals surface area (Å²) in [6, 6.07) is 24.0. The Bertz CT molecular complexity index is 1430. The molecule has 0 atom stereocenters. The smallest absolute Gasteiger partial charge is 0.256 e. The molecular weight excluding hydrogens is 439 g/mol. The summed E-state index contributed by atoms with van der Waals surface area (Å²) in [6.07, 6.45) is 4.75. The summed E-state index contributed by atoms with van der Waals surface area (Å²) >= 11 is 0. The van der Waals surface area contributed by atoms with Crippen molar-refractivity contribution >= 4 is 34.4 Å². The number of anilines is 1. The maximum Gasteiger partial charge on any atom is 0.256 e. The van der Waals surface area contributed by atoms with Crippen molar-refractivity contribution in [2.24, 2.45) is 0 Å².